The van der Waals surface area contributed by atoms with Crippen molar-refractivity contribution >= 4 is 39.9 Å². The molecule has 0 spiro atoms. The quantitative estimate of drug-likeness (QED) is 0.582. The van der Waals surface area contributed by atoms with Gasteiger partial charge >= 0.3 is 0 Å². The zero-order valence-corrected chi connectivity index (χ0v) is 18.9. The van der Waals surface area contributed by atoms with Crippen LogP contribution in [0.15, 0.2) is 46.9 Å². The zero-order chi connectivity index (χ0) is 22.0. The number of amides is 1. The van der Waals surface area contributed by atoms with Crippen LogP contribution in [0.4, 0.5) is 11.4 Å². The van der Waals surface area contributed by atoms with Gasteiger partial charge in [0.25, 0.3) is 5.91 Å². The van der Waals surface area contributed by atoms with E-state index in [-0.39, 0.29) is 17.8 Å². The lowest BCUT2D eigenvalue weighted by atomic mass is 10.1. The van der Waals surface area contributed by atoms with E-state index in [9.17, 15) is 4.79 Å². The topological polar surface area (TPSA) is 58.0 Å². The highest BCUT2D eigenvalue weighted by molar-refractivity contribution is 6.33. The van der Waals surface area contributed by atoms with E-state index in [0.717, 1.165) is 42.8 Å². The molecule has 0 saturated carbocycles. The molecule has 1 saturated heterocycles. The van der Waals surface area contributed by atoms with Crippen molar-refractivity contribution in [2.75, 3.05) is 43.4 Å². The number of benzene rings is 2. The molecular weight excluding hydrogens is 414 g/mol. The number of hydrogen-bond donors (Lipinski definition) is 1. The third-order valence-electron chi connectivity index (χ3n) is 5.52. The predicted molar refractivity (Wildman–Crippen MR) is 125 cm³/mol. The van der Waals surface area contributed by atoms with Crippen LogP contribution in [-0.2, 0) is 11.3 Å². The number of para-hydroxylation sites is 1. The monoisotopic (exact) mass is 441 g/mol. The summed E-state index contributed by atoms with van der Waals surface area (Å²) in [5, 5.41) is 4.43. The second kappa shape index (κ2) is 9.30. The molecule has 3 aromatic rings. The normalized spacial score (nSPS) is 15.1. The van der Waals surface area contributed by atoms with Crippen molar-refractivity contribution < 1.29 is 13.9 Å². The highest BCUT2D eigenvalue weighted by Crippen LogP contribution is 2.31. The van der Waals surface area contributed by atoms with Crippen LogP contribution in [0, 0.1) is 0 Å². The first kappa shape index (κ1) is 21.7. The first-order chi connectivity index (χ1) is 14.9. The Labute approximate surface area is 187 Å². The van der Waals surface area contributed by atoms with Crippen molar-refractivity contribution in [3.8, 4) is 0 Å². The lowest BCUT2D eigenvalue weighted by Gasteiger charge is -2.34. The minimum Gasteiger partial charge on any atom is -0.451 e. The fourth-order valence-corrected chi connectivity index (χ4v) is 4.05. The van der Waals surface area contributed by atoms with E-state index in [0.29, 0.717) is 22.9 Å². The number of carbonyl (C=O) groups is 1. The van der Waals surface area contributed by atoms with Crippen LogP contribution in [0.25, 0.3) is 11.0 Å². The van der Waals surface area contributed by atoms with Crippen LogP contribution >= 0.6 is 11.6 Å². The number of nitrogens with zero attached hydrogens (tertiary/aromatic N) is 2. The summed E-state index contributed by atoms with van der Waals surface area (Å²) < 4.78 is 11.7. The number of carbonyl (C=O) groups excluding carboxylic acids is 1. The number of anilines is 2. The van der Waals surface area contributed by atoms with E-state index >= 15 is 0 Å². The van der Waals surface area contributed by atoms with Crippen molar-refractivity contribution in [2.45, 2.75) is 26.6 Å². The fraction of sp³-hybridized carbons (Fsp3) is 0.375. The molecule has 2 heterocycles. The summed E-state index contributed by atoms with van der Waals surface area (Å²) in [4.78, 5) is 17.6. The second-order valence-electron chi connectivity index (χ2n) is 8.18. The number of fused-ring (bicyclic) bond motifs is 1. The third-order valence-corrected chi connectivity index (χ3v) is 5.82. The smallest absolute Gasteiger partial charge is 0.291 e. The Hall–Kier alpha value is -2.54. The molecule has 1 aliphatic rings. The Morgan fingerprint density at radius 2 is 1.90 bits per heavy atom. The number of ether oxygens (including phenoxy) is 1. The molecule has 0 bridgehead atoms. The number of nitrogens with one attached hydrogen (secondary N) is 1. The maximum atomic E-state index is 13.1. The van der Waals surface area contributed by atoms with E-state index in [4.69, 9.17) is 20.8 Å². The fourth-order valence-electron chi connectivity index (χ4n) is 3.75. The van der Waals surface area contributed by atoms with Crippen LogP contribution in [0.3, 0.4) is 0 Å². The molecule has 0 unspecified atom stereocenters. The average Bonchev–Trinajstić information content (AvgIpc) is 3.12. The van der Waals surface area contributed by atoms with Gasteiger partial charge in [0.05, 0.1) is 23.4 Å². The molecule has 7 heteroatoms. The highest BCUT2D eigenvalue weighted by Gasteiger charge is 2.22. The SMILES string of the molecule is CC(C)OCc1c(C(=O)Nc2ccc(N3CCN(C)CC3)c(Cl)c2)oc2ccccc12. The van der Waals surface area contributed by atoms with E-state index in [1.165, 1.54) is 0 Å². The van der Waals surface area contributed by atoms with E-state index in [1.807, 2.05) is 50.2 Å². The van der Waals surface area contributed by atoms with Gasteiger partial charge < -0.3 is 24.3 Å². The maximum absolute atomic E-state index is 13.1. The Morgan fingerprint density at radius 1 is 1.16 bits per heavy atom. The first-order valence-electron chi connectivity index (χ1n) is 10.6. The molecular formula is C24H28ClN3O3. The molecule has 1 aliphatic heterocycles. The van der Waals surface area contributed by atoms with Crippen molar-refractivity contribution in [2.24, 2.45) is 0 Å². The van der Waals surface area contributed by atoms with Crippen LogP contribution in [-0.4, -0.2) is 50.1 Å². The van der Waals surface area contributed by atoms with Gasteiger partial charge in [-0.1, -0.05) is 29.8 Å². The summed E-state index contributed by atoms with van der Waals surface area (Å²) in [6, 6.07) is 13.2. The van der Waals surface area contributed by atoms with Gasteiger partial charge in [0.1, 0.15) is 5.58 Å². The summed E-state index contributed by atoms with van der Waals surface area (Å²) in [5.74, 6) is -0.0527. The van der Waals surface area contributed by atoms with Crippen LogP contribution < -0.4 is 10.2 Å². The predicted octanol–water partition coefficient (Wildman–Crippen LogP) is 5.02. The zero-order valence-electron chi connectivity index (χ0n) is 18.2. The van der Waals surface area contributed by atoms with Gasteiger partial charge in [0.2, 0.25) is 0 Å². The van der Waals surface area contributed by atoms with Gasteiger partial charge in [-0.05, 0) is 45.2 Å². The molecule has 6 nitrogen and oxygen atoms in total. The molecule has 0 atom stereocenters. The minimum atomic E-state index is -0.318. The molecule has 1 fully saturated rings. The van der Waals surface area contributed by atoms with Crippen LogP contribution in [0.2, 0.25) is 5.02 Å². The molecule has 0 aliphatic carbocycles. The summed E-state index contributed by atoms with van der Waals surface area (Å²) >= 11 is 6.56. The lowest BCUT2D eigenvalue weighted by Crippen LogP contribution is -2.44. The highest BCUT2D eigenvalue weighted by atomic mass is 35.5. The number of furan rings is 1. The lowest BCUT2D eigenvalue weighted by molar-refractivity contribution is 0.0648. The van der Waals surface area contributed by atoms with Gasteiger partial charge in [0, 0.05) is 42.8 Å². The molecule has 1 N–H and O–H groups in total. The van der Waals surface area contributed by atoms with Crippen molar-refractivity contribution in [1.29, 1.82) is 0 Å². The van der Waals surface area contributed by atoms with Gasteiger partial charge in [0.15, 0.2) is 5.76 Å². The van der Waals surface area contributed by atoms with Gasteiger partial charge in [-0.15, -0.1) is 0 Å². The Balaban J connectivity index is 1.55. The number of halogens is 1. The number of likely N-dealkylation sites (N-methyl/N-ethyl adjacent to an activating group) is 1. The molecule has 0 radical (unpaired) electrons. The average molecular weight is 442 g/mol. The number of rotatable bonds is 6. The number of piperazine rings is 1. The minimum absolute atomic E-state index is 0.0468. The number of hydrogen-bond acceptors (Lipinski definition) is 5. The Kier molecular flexibility index (Phi) is 6.51. The molecule has 1 amide bonds. The standard InChI is InChI=1S/C24H28ClN3O3/c1-16(2)30-15-19-18-6-4-5-7-22(18)31-23(19)24(29)26-17-8-9-21(20(25)14-17)28-12-10-27(3)11-13-28/h4-9,14,16H,10-13,15H2,1-3H3,(H,26,29). The van der Waals surface area contributed by atoms with Crippen molar-refractivity contribution in [3.05, 3.63) is 58.8 Å². The van der Waals surface area contributed by atoms with E-state index in [2.05, 4.69) is 22.2 Å². The van der Waals surface area contributed by atoms with Gasteiger partial charge in [-0.3, -0.25) is 4.79 Å². The Bertz CT molecular complexity index is 1070. The summed E-state index contributed by atoms with van der Waals surface area (Å²) in [5.41, 5.74) is 3.03. The summed E-state index contributed by atoms with van der Waals surface area (Å²) in [7, 11) is 2.12. The molecule has 1 aromatic heterocycles. The second-order valence-corrected chi connectivity index (χ2v) is 8.58. The van der Waals surface area contributed by atoms with Gasteiger partial charge in [-0.25, -0.2) is 0 Å². The largest absolute Gasteiger partial charge is 0.451 e. The van der Waals surface area contributed by atoms with Gasteiger partial charge in [-0.2, -0.15) is 0 Å². The molecule has 4 rings (SSSR count). The van der Waals surface area contributed by atoms with Crippen molar-refractivity contribution in [3.63, 3.8) is 0 Å². The first-order valence-corrected chi connectivity index (χ1v) is 11.0. The van der Waals surface area contributed by atoms with Crippen molar-refractivity contribution in [1.82, 2.24) is 4.90 Å². The maximum Gasteiger partial charge on any atom is 0.291 e. The molecule has 31 heavy (non-hydrogen) atoms. The Morgan fingerprint density at radius 3 is 2.61 bits per heavy atom. The molecule has 164 valence electrons. The van der Waals surface area contributed by atoms with E-state index in [1.54, 1.807) is 6.07 Å². The van der Waals surface area contributed by atoms with E-state index < -0.39 is 0 Å². The summed E-state index contributed by atoms with van der Waals surface area (Å²) in [6.45, 7) is 8.10. The third kappa shape index (κ3) is 4.87. The summed E-state index contributed by atoms with van der Waals surface area (Å²) in [6.07, 6.45) is 0.0468. The molecule has 2 aromatic carbocycles. The van der Waals surface area contributed by atoms with Crippen LogP contribution in [0.1, 0.15) is 30.0 Å². The van der Waals surface area contributed by atoms with Crippen LogP contribution in [0.5, 0.6) is 0 Å².